The molecule has 1 saturated heterocycles. The van der Waals surface area contributed by atoms with E-state index in [1.807, 2.05) is 4.90 Å². The number of benzene rings is 2. The molecule has 33 heavy (non-hydrogen) atoms. The maximum absolute atomic E-state index is 12.8. The molecule has 2 N–H and O–H groups in total. The molecule has 1 aliphatic rings. The van der Waals surface area contributed by atoms with Gasteiger partial charge in [-0.25, -0.2) is 0 Å². The Kier molecular flexibility index (Phi) is 6.54. The second-order valence-electron chi connectivity index (χ2n) is 7.37. The van der Waals surface area contributed by atoms with Gasteiger partial charge in [0.15, 0.2) is 0 Å². The molecule has 2 atom stereocenters. The van der Waals surface area contributed by atoms with Gasteiger partial charge in [-0.1, -0.05) is 0 Å². The lowest BCUT2D eigenvalue weighted by atomic mass is 10.1. The Balaban J connectivity index is 1.56. The summed E-state index contributed by atoms with van der Waals surface area (Å²) in [6, 6.07) is 10.1. The lowest BCUT2D eigenvalue weighted by Gasteiger charge is -2.22. The van der Waals surface area contributed by atoms with Crippen molar-refractivity contribution in [3.05, 3.63) is 59.7 Å². The second kappa shape index (κ2) is 9.38. The van der Waals surface area contributed by atoms with Gasteiger partial charge in [-0.2, -0.15) is 0 Å². The molecular weight excluding hydrogens is 459 g/mol. The number of aliphatic hydroxyl groups excluding tert-OH is 1. The largest absolute Gasteiger partial charge is 0.573 e. The third-order valence-corrected chi connectivity index (χ3v) is 5.99. The number of aromatic nitrogens is 1. The minimum absolute atomic E-state index is 0.313. The van der Waals surface area contributed by atoms with Gasteiger partial charge in [-0.05, 0) is 42.5 Å². The first-order chi connectivity index (χ1) is 15.7. The first kappa shape index (κ1) is 23.0. The lowest BCUT2D eigenvalue weighted by molar-refractivity contribution is -0.274. The highest BCUT2D eigenvalue weighted by Crippen LogP contribution is 2.36. The molecule has 7 nitrogen and oxygen atoms in total. The SMILES string of the molecule is CO[C@@H]1CN(c2ccc(C(=O)Nc3ccc(OC(F)(F)F)cc3)cc2-c2cncs2)C[C@H]1O. The van der Waals surface area contributed by atoms with E-state index in [1.165, 1.54) is 23.5 Å². The van der Waals surface area contributed by atoms with E-state index in [1.54, 1.807) is 37.0 Å². The van der Waals surface area contributed by atoms with Crippen LogP contribution in [0, 0.1) is 0 Å². The molecule has 11 heteroatoms. The van der Waals surface area contributed by atoms with Crippen LogP contribution in [-0.2, 0) is 4.74 Å². The predicted octanol–water partition coefficient (Wildman–Crippen LogP) is 4.16. The third-order valence-electron chi connectivity index (χ3n) is 5.18. The van der Waals surface area contributed by atoms with E-state index in [4.69, 9.17) is 4.74 Å². The van der Waals surface area contributed by atoms with E-state index in [0.29, 0.717) is 24.3 Å². The number of β-amino-alcohol motifs (C(OH)–C–C–N with tert-alkyl or cyclic N) is 1. The zero-order chi connectivity index (χ0) is 23.6. The Morgan fingerprint density at radius 3 is 2.58 bits per heavy atom. The minimum Gasteiger partial charge on any atom is -0.406 e. The fourth-order valence-electron chi connectivity index (χ4n) is 3.63. The topological polar surface area (TPSA) is 83.9 Å². The van der Waals surface area contributed by atoms with Crippen LogP contribution in [-0.4, -0.2) is 54.8 Å². The maximum atomic E-state index is 12.8. The zero-order valence-electron chi connectivity index (χ0n) is 17.4. The van der Waals surface area contributed by atoms with Gasteiger partial charge in [0.05, 0.1) is 16.5 Å². The molecule has 1 fully saturated rings. The molecule has 0 saturated carbocycles. The maximum Gasteiger partial charge on any atom is 0.573 e. The molecule has 0 unspecified atom stereocenters. The zero-order valence-corrected chi connectivity index (χ0v) is 18.2. The number of thiazole rings is 1. The number of nitrogens with zero attached hydrogens (tertiary/aromatic N) is 2. The van der Waals surface area contributed by atoms with Gasteiger partial charge in [0, 0.05) is 48.9 Å². The molecule has 0 bridgehead atoms. The van der Waals surface area contributed by atoms with E-state index in [2.05, 4.69) is 15.0 Å². The Morgan fingerprint density at radius 2 is 1.97 bits per heavy atom. The number of rotatable bonds is 6. The van der Waals surface area contributed by atoms with Gasteiger partial charge in [-0.15, -0.1) is 24.5 Å². The van der Waals surface area contributed by atoms with Crippen molar-refractivity contribution in [2.45, 2.75) is 18.6 Å². The highest BCUT2D eigenvalue weighted by molar-refractivity contribution is 7.13. The second-order valence-corrected chi connectivity index (χ2v) is 8.26. The summed E-state index contributed by atoms with van der Waals surface area (Å²) in [4.78, 5) is 19.8. The van der Waals surface area contributed by atoms with Crippen molar-refractivity contribution < 1.29 is 32.5 Å². The monoisotopic (exact) mass is 479 g/mol. The highest BCUT2D eigenvalue weighted by Gasteiger charge is 2.33. The number of hydrogen-bond donors (Lipinski definition) is 2. The summed E-state index contributed by atoms with van der Waals surface area (Å²) in [6.45, 7) is 0.892. The molecule has 1 aromatic heterocycles. The first-order valence-corrected chi connectivity index (χ1v) is 10.8. The number of amides is 1. The van der Waals surface area contributed by atoms with Crippen molar-refractivity contribution in [3.8, 4) is 16.2 Å². The van der Waals surface area contributed by atoms with E-state index < -0.39 is 18.4 Å². The average molecular weight is 479 g/mol. The van der Waals surface area contributed by atoms with E-state index in [9.17, 15) is 23.1 Å². The molecule has 4 rings (SSSR count). The Bertz CT molecular complexity index is 1110. The summed E-state index contributed by atoms with van der Waals surface area (Å²) in [5.41, 5.74) is 3.99. The number of anilines is 2. The molecule has 0 aliphatic carbocycles. The standard InChI is InChI=1S/C22H20F3N3O4S/c1-31-19-11-28(10-18(19)29)17-7-2-13(8-16(17)20-9-26-12-33-20)21(30)27-14-3-5-15(6-4-14)32-22(23,24)25/h2-9,12,18-19,29H,10-11H2,1H3,(H,27,30)/t18-,19-/m1/s1. The summed E-state index contributed by atoms with van der Waals surface area (Å²) in [7, 11) is 1.55. The van der Waals surface area contributed by atoms with E-state index in [-0.39, 0.29) is 11.9 Å². The molecule has 174 valence electrons. The first-order valence-electron chi connectivity index (χ1n) is 9.89. The molecule has 1 amide bonds. The number of aliphatic hydroxyl groups is 1. The number of alkyl halides is 3. The van der Waals surface area contributed by atoms with Crippen LogP contribution in [0.15, 0.2) is 54.2 Å². The lowest BCUT2D eigenvalue weighted by Crippen LogP contribution is -2.25. The molecule has 2 aromatic carbocycles. The van der Waals surface area contributed by atoms with Crippen LogP contribution in [0.3, 0.4) is 0 Å². The number of carbonyl (C=O) groups is 1. The van der Waals surface area contributed by atoms with Crippen LogP contribution in [0.5, 0.6) is 5.75 Å². The van der Waals surface area contributed by atoms with Crippen LogP contribution < -0.4 is 15.0 Å². The Labute approximate surface area is 191 Å². The van der Waals surface area contributed by atoms with Crippen molar-refractivity contribution in [1.82, 2.24) is 4.98 Å². The van der Waals surface area contributed by atoms with Crippen molar-refractivity contribution >= 4 is 28.6 Å². The summed E-state index contributed by atoms with van der Waals surface area (Å²) in [6.07, 6.45) is -4.03. The van der Waals surface area contributed by atoms with Gasteiger partial charge in [0.25, 0.3) is 5.91 Å². The molecule has 2 heterocycles. The predicted molar refractivity (Wildman–Crippen MR) is 118 cm³/mol. The van der Waals surface area contributed by atoms with Gasteiger partial charge < -0.3 is 24.8 Å². The fraction of sp³-hybridized carbons (Fsp3) is 0.273. The fourth-order valence-corrected chi connectivity index (χ4v) is 4.27. The molecule has 0 spiro atoms. The summed E-state index contributed by atoms with van der Waals surface area (Å²) in [5.74, 6) is -0.799. The average Bonchev–Trinajstić information content (AvgIpc) is 3.43. The van der Waals surface area contributed by atoms with Gasteiger partial charge in [0.1, 0.15) is 11.9 Å². The summed E-state index contributed by atoms with van der Waals surface area (Å²) in [5, 5.41) is 12.9. The van der Waals surface area contributed by atoms with Crippen LogP contribution in [0.2, 0.25) is 0 Å². The molecule has 1 aliphatic heterocycles. The summed E-state index contributed by atoms with van der Waals surface area (Å²) >= 11 is 1.42. The minimum atomic E-state index is -4.78. The molecular formula is C22H20F3N3O4S. The van der Waals surface area contributed by atoms with Gasteiger partial charge >= 0.3 is 6.36 Å². The number of hydrogen-bond acceptors (Lipinski definition) is 7. The smallest absolute Gasteiger partial charge is 0.406 e. The third kappa shape index (κ3) is 5.44. The number of nitrogens with one attached hydrogen (secondary N) is 1. The van der Waals surface area contributed by atoms with Crippen LogP contribution in [0.4, 0.5) is 24.5 Å². The van der Waals surface area contributed by atoms with Gasteiger partial charge in [-0.3, -0.25) is 9.78 Å². The van der Waals surface area contributed by atoms with Crippen LogP contribution >= 0.6 is 11.3 Å². The van der Waals surface area contributed by atoms with Crippen molar-refractivity contribution in [1.29, 1.82) is 0 Å². The number of halogens is 3. The Morgan fingerprint density at radius 1 is 1.21 bits per heavy atom. The normalized spacial score (nSPS) is 18.4. The molecule has 3 aromatic rings. The molecule has 0 radical (unpaired) electrons. The van der Waals surface area contributed by atoms with Gasteiger partial charge in [0.2, 0.25) is 0 Å². The number of carbonyl (C=O) groups excluding carboxylic acids is 1. The highest BCUT2D eigenvalue weighted by atomic mass is 32.1. The van der Waals surface area contributed by atoms with Crippen molar-refractivity contribution in [2.75, 3.05) is 30.4 Å². The summed E-state index contributed by atoms with van der Waals surface area (Å²) < 4.78 is 46.1. The Hall–Kier alpha value is -3.15. The number of methoxy groups -OCH3 is 1. The van der Waals surface area contributed by atoms with Crippen LogP contribution in [0.1, 0.15) is 10.4 Å². The van der Waals surface area contributed by atoms with E-state index in [0.717, 1.165) is 28.3 Å². The van der Waals surface area contributed by atoms with Crippen LogP contribution in [0.25, 0.3) is 10.4 Å². The van der Waals surface area contributed by atoms with E-state index >= 15 is 0 Å². The quantitative estimate of drug-likeness (QED) is 0.553. The van der Waals surface area contributed by atoms with Crippen molar-refractivity contribution in [2.24, 2.45) is 0 Å². The van der Waals surface area contributed by atoms with Crippen molar-refractivity contribution in [3.63, 3.8) is 0 Å². The number of ether oxygens (including phenoxy) is 2.